The molecule has 2 saturated heterocycles. The minimum atomic E-state index is -0.174. The van der Waals surface area contributed by atoms with Crippen LogP contribution in [0.15, 0.2) is 85.3 Å². The predicted molar refractivity (Wildman–Crippen MR) is 170 cm³/mol. The van der Waals surface area contributed by atoms with E-state index in [0.717, 1.165) is 48.2 Å². The molecule has 2 aliphatic heterocycles. The number of ether oxygens (including phenoxy) is 1. The highest BCUT2D eigenvalue weighted by Crippen LogP contribution is 2.29. The van der Waals surface area contributed by atoms with Crippen LogP contribution in [-0.2, 0) is 13.2 Å². The highest BCUT2D eigenvalue weighted by Gasteiger charge is 2.28. The summed E-state index contributed by atoms with van der Waals surface area (Å²) in [5.74, 6) is 0.648. The number of carbonyl (C=O) groups is 2. The molecular formula is C35H38N6O3. The molecular weight excluding hydrogens is 552 g/mol. The van der Waals surface area contributed by atoms with Gasteiger partial charge in [0.2, 0.25) is 0 Å². The van der Waals surface area contributed by atoms with E-state index < -0.39 is 0 Å². The quantitative estimate of drug-likeness (QED) is 0.284. The van der Waals surface area contributed by atoms with Crippen molar-refractivity contribution in [1.82, 2.24) is 25.1 Å². The van der Waals surface area contributed by atoms with Crippen LogP contribution in [0.5, 0.6) is 5.75 Å². The monoisotopic (exact) mass is 590 g/mol. The van der Waals surface area contributed by atoms with E-state index in [1.165, 1.54) is 25.9 Å². The van der Waals surface area contributed by atoms with Gasteiger partial charge < -0.3 is 25.6 Å². The van der Waals surface area contributed by atoms with Crippen molar-refractivity contribution in [2.75, 3.05) is 31.9 Å². The van der Waals surface area contributed by atoms with Crippen LogP contribution in [0.1, 0.15) is 57.5 Å². The van der Waals surface area contributed by atoms with Crippen molar-refractivity contribution in [2.45, 2.75) is 44.9 Å². The summed E-state index contributed by atoms with van der Waals surface area (Å²) in [4.78, 5) is 38.9. The number of nitrogens with zero attached hydrogens (tertiary/aromatic N) is 4. The van der Waals surface area contributed by atoms with Crippen LogP contribution in [0, 0.1) is 0 Å². The Labute approximate surface area is 258 Å². The van der Waals surface area contributed by atoms with E-state index in [9.17, 15) is 9.59 Å². The molecule has 3 N–H and O–H groups in total. The van der Waals surface area contributed by atoms with Crippen LogP contribution >= 0.6 is 0 Å². The number of likely N-dealkylation sites (tertiary alicyclic amines) is 2. The topological polar surface area (TPSA) is 114 Å². The van der Waals surface area contributed by atoms with Gasteiger partial charge in [-0.25, -0.2) is 4.98 Å². The molecule has 0 atom stereocenters. The molecule has 4 heterocycles. The normalized spacial score (nSPS) is 15.7. The molecule has 2 aliphatic rings. The second kappa shape index (κ2) is 13.7. The number of rotatable bonds is 9. The van der Waals surface area contributed by atoms with Crippen molar-refractivity contribution < 1.29 is 14.3 Å². The molecule has 2 amide bonds. The van der Waals surface area contributed by atoms with Gasteiger partial charge in [-0.1, -0.05) is 30.3 Å². The average molecular weight is 591 g/mol. The summed E-state index contributed by atoms with van der Waals surface area (Å²) in [5.41, 5.74) is 10.9. The number of nitrogen functional groups attached to an aromatic ring is 1. The van der Waals surface area contributed by atoms with Crippen LogP contribution in [-0.4, -0.2) is 63.8 Å². The molecule has 9 nitrogen and oxygen atoms in total. The third kappa shape index (κ3) is 7.06. The number of hydrogen-bond acceptors (Lipinski definition) is 7. The standard InChI is InChI=1S/C35H38N6O3/c36-33-32(44-24-25-5-3-7-29(19-25)34(42)39-22-26-6-4-14-37-21-26)20-30(23-38-33)27-8-10-28(11-9-27)35(43)41-17-12-31(13-18-41)40-15-1-2-16-40/h3-11,14,19-21,23,31H,1-2,12-13,15-18,22,24H2,(H2,36,38)(H,39,42). The van der Waals surface area contributed by atoms with Gasteiger partial charge in [-0.05, 0) is 91.9 Å². The molecule has 44 heavy (non-hydrogen) atoms. The van der Waals surface area contributed by atoms with E-state index in [0.29, 0.717) is 29.5 Å². The van der Waals surface area contributed by atoms with Gasteiger partial charge in [0.05, 0.1) is 0 Å². The molecule has 0 unspecified atom stereocenters. The molecule has 2 aromatic heterocycles. The SMILES string of the molecule is Nc1ncc(-c2ccc(C(=O)N3CCC(N4CCCC4)CC3)cc2)cc1OCc1cccc(C(=O)NCc2cccnc2)c1. The van der Waals surface area contributed by atoms with Gasteiger partial charge in [0.15, 0.2) is 11.6 Å². The first kappa shape index (κ1) is 29.3. The largest absolute Gasteiger partial charge is 0.485 e. The van der Waals surface area contributed by atoms with Crippen molar-refractivity contribution >= 4 is 17.6 Å². The highest BCUT2D eigenvalue weighted by atomic mass is 16.5. The molecule has 0 aliphatic carbocycles. The lowest BCUT2D eigenvalue weighted by molar-refractivity contribution is 0.0644. The van der Waals surface area contributed by atoms with Gasteiger partial charge in [-0.15, -0.1) is 0 Å². The number of nitrogens with two attached hydrogens (primary N) is 1. The van der Waals surface area contributed by atoms with Crippen molar-refractivity contribution in [2.24, 2.45) is 0 Å². The summed E-state index contributed by atoms with van der Waals surface area (Å²) in [6.45, 7) is 4.64. The van der Waals surface area contributed by atoms with Gasteiger partial charge in [0, 0.05) is 61.0 Å². The first-order valence-corrected chi connectivity index (χ1v) is 15.3. The predicted octanol–water partition coefficient (Wildman–Crippen LogP) is 4.94. The Bertz CT molecular complexity index is 1580. The van der Waals surface area contributed by atoms with E-state index in [4.69, 9.17) is 10.5 Å². The Morgan fingerprint density at radius 1 is 0.864 bits per heavy atom. The van der Waals surface area contributed by atoms with Gasteiger partial charge in [-0.2, -0.15) is 0 Å². The van der Waals surface area contributed by atoms with E-state index in [1.54, 1.807) is 30.7 Å². The highest BCUT2D eigenvalue weighted by molar-refractivity contribution is 5.95. The molecule has 6 rings (SSSR count). The third-order valence-electron chi connectivity index (χ3n) is 8.52. The number of aromatic nitrogens is 2. The van der Waals surface area contributed by atoms with Gasteiger partial charge >= 0.3 is 0 Å². The number of piperidine rings is 1. The Hall–Kier alpha value is -4.76. The molecule has 0 saturated carbocycles. The van der Waals surface area contributed by atoms with E-state index in [2.05, 4.69) is 20.2 Å². The van der Waals surface area contributed by atoms with E-state index in [1.807, 2.05) is 59.5 Å². The molecule has 226 valence electrons. The Kier molecular flexibility index (Phi) is 9.12. The van der Waals surface area contributed by atoms with Crippen LogP contribution < -0.4 is 15.8 Å². The number of anilines is 1. The van der Waals surface area contributed by atoms with E-state index in [-0.39, 0.29) is 24.2 Å². The Morgan fingerprint density at radius 3 is 2.39 bits per heavy atom. The van der Waals surface area contributed by atoms with Gasteiger partial charge in [0.1, 0.15) is 6.61 Å². The minimum absolute atomic E-state index is 0.0869. The molecule has 9 heteroatoms. The summed E-state index contributed by atoms with van der Waals surface area (Å²) >= 11 is 0. The van der Waals surface area contributed by atoms with Crippen molar-refractivity contribution in [1.29, 1.82) is 0 Å². The van der Waals surface area contributed by atoms with Crippen LogP contribution in [0.25, 0.3) is 11.1 Å². The lowest BCUT2D eigenvalue weighted by Gasteiger charge is -2.36. The molecule has 2 fully saturated rings. The summed E-state index contributed by atoms with van der Waals surface area (Å²) in [6, 6.07) is 21.2. The van der Waals surface area contributed by atoms with Crippen LogP contribution in [0.4, 0.5) is 5.82 Å². The maximum absolute atomic E-state index is 13.2. The second-order valence-corrected chi connectivity index (χ2v) is 11.5. The number of carbonyl (C=O) groups excluding carboxylic acids is 2. The number of pyridine rings is 2. The molecule has 0 radical (unpaired) electrons. The van der Waals surface area contributed by atoms with Crippen molar-refractivity contribution in [3.05, 3.63) is 108 Å². The molecule has 2 aromatic carbocycles. The van der Waals surface area contributed by atoms with Crippen molar-refractivity contribution in [3.8, 4) is 16.9 Å². The van der Waals surface area contributed by atoms with Crippen molar-refractivity contribution in [3.63, 3.8) is 0 Å². The maximum Gasteiger partial charge on any atom is 0.253 e. The summed E-state index contributed by atoms with van der Waals surface area (Å²) in [7, 11) is 0. The first-order valence-electron chi connectivity index (χ1n) is 15.3. The third-order valence-corrected chi connectivity index (χ3v) is 8.52. The fourth-order valence-corrected chi connectivity index (χ4v) is 6.01. The average Bonchev–Trinajstić information content (AvgIpc) is 3.63. The van der Waals surface area contributed by atoms with Crippen LogP contribution in [0.3, 0.4) is 0 Å². The molecule has 4 aromatic rings. The number of hydrogen-bond donors (Lipinski definition) is 2. The molecule has 0 spiro atoms. The zero-order valence-corrected chi connectivity index (χ0v) is 24.8. The van der Waals surface area contributed by atoms with Gasteiger partial charge in [-0.3, -0.25) is 14.6 Å². The second-order valence-electron chi connectivity index (χ2n) is 11.5. The zero-order valence-electron chi connectivity index (χ0n) is 24.8. The number of benzene rings is 2. The number of amides is 2. The maximum atomic E-state index is 13.2. The Balaban J connectivity index is 1.05. The first-order chi connectivity index (χ1) is 21.5. The lowest BCUT2D eigenvalue weighted by atomic mass is 10.0. The fraction of sp³-hybridized carbons (Fsp3) is 0.314. The molecule has 0 bridgehead atoms. The number of nitrogens with one attached hydrogen (secondary N) is 1. The summed E-state index contributed by atoms with van der Waals surface area (Å²) in [6.07, 6.45) is 9.82. The van der Waals surface area contributed by atoms with Gasteiger partial charge in [0.25, 0.3) is 11.8 Å². The Morgan fingerprint density at radius 2 is 1.64 bits per heavy atom. The summed E-state index contributed by atoms with van der Waals surface area (Å²) in [5, 5.41) is 2.92. The fourth-order valence-electron chi connectivity index (χ4n) is 6.01. The van der Waals surface area contributed by atoms with Crippen LogP contribution in [0.2, 0.25) is 0 Å². The summed E-state index contributed by atoms with van der Waals surface area (Å²) < 4.78 is 6.04. The zero-order chi connectivity index (χ0) is 30.3. The van der Waals surface area contributed by atoms with E-state index >= 15 is 0 Å². The smallest absolute Gasteiger partial charge is 0.253 e. The minimum Gasteiger partial charge on any atom is -0.485 e. The lowest BCUT2D eigenvalue weighted by Crippen LogP contribution is -2.45.